The van der Waals surface area contributed by atoms with Crippen LogP contribution in [0.2, 0.25) is 5.02 Å². The summed E-state index contributed by atoms with van der Waals surface area (Å²) in [6, 6.07) is 12.0. The Morgan fingerprint density at radius 1 is 1.08 bits per heavy atom. The SMILES string of the molecule is Cc1ccc2c(Cn3cnc4ccc(Cl)cc4c3=O)cc(=O)oc2c1. The molecule has 0 fully saturated rings. The van der Waals surface area contributed by atoms with Gasteiger partial charge in [-0.3, -0.25) is 9.36 Å². The average molecular weight is 353 g/mol. The third-order valence-corrected chi connectivity index (χ3v) is 4.35. The first-order valence-corrected chi connectivity index (χ1v) is 8.07. The zero-order valence-electron chi connectivity index (χ0n) is 13.3. The van der Waals surface area contributed by atoms with E-state index in [1.54, 1.807) is 24.3 Å². The second-order valence-corrected chi connectivity index (χ2v) is 6.37. The third-order valence-electron chi connectivity index (χ3n) is 4.11. The van der Waals surface area contributed by atoms with Gasteiger partial charge in [0.2, 0.25) is 0 Å². The fourth-order valence-corrected chi connectivity index (χ4v) is 3.07. The molecule has 2 aromatic carbocycles. The minimum Gasteiger partial charge on any atom is -0.423 e. The van der Waals surface area contributed by atoms with Crippen molar-refractivity contribution in [1.82, 2.24) is 9.55 Å². The summed E-state index contributed by atoms with van der Waals surface area (Å²) < 4.78 is 6.73. The van der Waals surface area contributed by atoms with Crippen LogP contribution in [0.5, 0.6) is 0 Å². The molecule has 6 heteroatoms. The van der Waals surface area contributed by atoms with E-state index in [0.717, 1.165) is 10.9 Å². The van der Waals surface area contributed by atoms with E-state index >= 15 is 0 Å². The van der Waals surface area contributed by atoms with Crippen LogP contribution in [0.15, 0.2) is 62.8 Å². The summed E-state index contributed by atoms with van der Waals surface area (Å²) in [5.41, 5.74) is 2.13. The van der Waals surface area contributed by atoms with Crippen LogP contribution < -0.4 is 11.2 Å². The summed E-state index contributed by atoms with van der Waals surface area (Å²) in [6.45, 7) is 2.15. The minimum absolute atomic E-state index is 0.207. The predicted octanol–water partition coefficient (Wildman–Crippen LogP) is 3.51. The first kappa shape index (κ1) is 15.6. The van der Waals surface area contributed by atoms with E-state index in [4.69, 9.17) is 16.0 Å². The molecule has 0 amide bonds. The molecule has 0 unspecified atom stereocenters. The highest BCUT2D eigenvalue weighted by molar-refractivity contribution is 6.31. The molecule has 0 aliphatic heterocycles. The van der Waals surface area contributed by atoms with Gasteiger partial charge in [-0.25, -0.2) is 9.78 Å². The summed E-state index contributed by atoms with van der Waals surface area (Å²) >= 11 is 5.99. The zero-order chi connectivity index (χ0) is 17.6. The van der Waals surface area contributed by atoms with Crippen LogP contribution in [-0.4, -0.2) is 9.55 Å². The second kappa shape index (κ2) is 5.86. The van der Waals surface area contributed by atoms with Crippen molar-refractivity contribution >= 4 is 33.5 Å². The fourth-order valence-electron chi connectivity index (χ4n) is 2.90. The van der Waals surface area contributed by atoms with Gasteiger partial charge in [0.05, 0.1) is 23.8 Å². The van der Waals surface area contributed by atoms with Gasteiger partial charge >= 0.3 is 5.63 Å². The second-order valence-electron chi connectivity index (χ2n) is 5.93. The minimum atomic E-state index is -0.446. The van der Waals surface area contributed by atoms with Crippen LogP contribution in [0.25, 0.3) is 21.9 Å². The molecular weight excluding hydrogens is 340 g/mol. The van der Waals surface area contributed by atoms with Gasteiger partial charge < -0.3 is 4.42 Å². The maximum absolute atomic E-state index is 12.7. The van der Waals surface area contributed by atoms with Crippen molar-refractivity contribution in [2.45, 2.75) is 13.5 Å². The first-order valence-electron chi connectivity index (χ1n) is 7.69. The van der Waals surface area contributed by atoms with E-state index in [1.165, 1.54) is 17.0 Å². The summed E-state index contributed by atoms with van der Waals surface area (Å²) in [6.07, 6.45) is 1.48. The smallest absolute Gasteiger partial charge is 0.336 e. The number of hydrogen-bond donors (Lipinski definition) is 0. The number of fused-ring (bicyclic) bond motifs is 2. The van der Waals surface area contributed by atoms with Crippen molar-refractivity contribution in [2.24, 2.45) is 0 Å². The molecule has 0 bridgehead atoms. The molecule has 0 atom stereocenters. The van der Waals surface area contributed by atoms with Gasteiger partial charge in [-0.1, -0.05) is 23.7 Å². The van der Waals surface area contributed by atoms with E-state index < -0.39 is 5.63 Å². The summed E-state index contributed by atoms with van der Waals surface area (Å²) in [5.74, 6) is 0. The Labute approximate surface area is 147 Å². The molecule has 25 heavy (non-hydrogen) atoms. The van der Waals surface area contributed by atoms with E-state index in [9.17, 15) is 9.59 Å². The predicted molar refractivity (Wildman–Crippen MR) is 97.3 cm³/mol. The quantitative estimate of drug-likeness (QED) is 0.518. The molecule has 0 radical (unpaired) electrons. The highest BCUT2D eigenvalue weighted by Gasteiger charge is 2.10. The number of aryl methyl sites for hydroxylation is 1. The van der Waals surface area contributed by atoms with Gasteiger partial charge in [0, 0.05) is 16.5 Å². The lowest BCUT2D eigenvalue weighted by molar-refractivity contribution is 0.557. The van der Waals surface area contributed by atoms with Gasteiger partial charge in [0.15, 0.2) is 0 Å². The largest absolute Gasteiger partial charge is 0.423 e. The van der Waals surface area contributed by atoms with E-state index in [2.05, 4.69) is 4.98 Å². The molecule has 4 rings (SSSR count). The third kappa shape index (κ3) is 2.83. The van der Waals surface area contributed by atoms with Crippen molar-refractivity contribution in [3.63, 3.8) is 0 Å². The summed E-state index contributed by atoms with van der Waals surface area (Å²) in [7, 11) is 0. The highest BCUT2D eigenvalue weighted by Crippen LogP contribution is 2.19. The van der Waals surface area contributed by atoms with Crippen LogP contribution in [0.3, 0.4) is 0 Å². The van der Waals surface area contributed by atoms with Crippen molar-refractivity contribution in [3.05, 3.63) is 85.7 Å². The van der Waals surface area contributed by atoms with Crippen LogP contribution in [-0.2, 0) is 6.54 Å². The number of halogens is 1. The van der Waals surface area contributed by atoms with Gasteiger partial charge in [-0.2, -0.15) is 0 Å². The molecule has 0 aliphatic carbocycles. The molecule has 0 N–H and O–H groups in total. The Morgan fingerprint density at radius 2 is 1.92 bits per heavy atom. The lowest BCUT2D eigenvalue weighted by Gasteiger charge is -2.09. The molecule has 124 valence electrons. The first-order chi connectivity index (χ1) is 12.0. The molecule has 2 heterocycles. The summed E-state index contributed by atoms with van der Waals surface area (Å²) in [4.78, 5) is 28.9. The number of hydrogen-bond acceptors (Lipinski definition) is 4. The number of aromatic nitrogens is 2. The fraction of sp³-hybridized carbons (Fsp3) is 0.105. The van der Waals surface area contributed by atoms with Crippen LogP contribution in [0.1, 0.15) is 11.1 Å². The van der Waals surface area contributed by atoms with Gasteiger partial charge in [0.1, 0.15) is 5.58 Å². The number of rotatable bonds is 2. The Hall–Kier alpha value is -2.92. The normalized spacial score (nSPS) is 11.3. The Bertz CT molecular complexity index is 1240. The lowest BCUT2D eigenvalue weighted by atomic mass is 10.1. The van der Waals surface area contributed by atoms with Crippen LogP contribution in [0.4, 0.5) is 0 Å². The molecule has 4 aromatic rings. The molecule has 0 saturated heterocycles. The Kier molecular flexibility index (Phi) is 3.66. The van der Waals surface area contributed by atoms with Crippen molar-refractivity contribution in [2.75, 3.05) is 0 Å². The number of benzene rings is 2. The maximum Gasteiger partial charge on any atom is 0.336 e. The number of nitrogens with zero attached hydrogens (tertiary/aromatic N) is 2. The molecule has 5 nitrogen and oxygen atoms in total. The standard InChI is InChI=1S/C19H13ClN2O3/c1-11-2-4-14-12(7-18(23)25-17(14)6-11)9-22-10-21-16-5-3-13(20)8-15(16)19(22)24/h2-8,10H,9H2,1H3. The van der Waals surface area contributed by atoms with Crippen molar-refractivity contribution in [3.8, 4) is 0 Å². The van der Waals surface area contributed by atoms with E-state index in [1.807, 2.05) is 19.1 Å². The molecular formula is C19H13ClN2O3. The molecule has 0 spiro atoms. The van der Waals surface area contributed by atoms with Crippen LogP contribution in [0, 0.1) is 6.92 Å². The maximum atomic E-state index is 12.7. The summed E-state index contributed by atoms with van der Waals surface area (Å²) in [5, 5.41) is 1.71. The Balaban J connectivity index is 1.90. The topological polar surface area (TPSA) is 65.1 Å². The van der Waals surface area contributed by atoms with Crippen LogP contribution >= 0.6 is 11.6 Å². The Morgan fingerprint density at radius 3 is 2.76 bits per heavy atom. The average Bonchev–Trinajstić information content (AvgIpc) is 2.57. The van der Waals surface area contributed by atoms with Gasteiger partial charge in [0.25, 0.3) is 5.56 Å². The highest BCUT2D eigenvalue weighted by atomic mass is 35.5. The zero-order valence-corrected chi connectivity index (χ0v) is 14.1. The van der Waals surface area contributed by atoms with E-state index in [-0.39, 0.29) is 12.1 Å². The lowest BCUT2D eigenvalue weighted by Crippen LogP contribution is -2.21. The van der Waals surface area contributed by atoms with E-state index in [0.29, 0.717) is 27.1 Å². The van der Waals surface area contributed by atoms with Crippen molar-refractivity contribution in [1.29, 1.82) is 0 Å². The van der Waals surface area contributed by atoms with Gasteiger partial charge in [-0.15, -0.1) is 0 Å². The van der Waals surface area contributed by atoms with Crippen molar-refractivity contribution < 1.29 is 4.42 Å². The molecule has 0 aliphatic rings. The molecule has 2 aromatic heterocycles. The monoisotopic (exact) mass is 352 g/mol. The molecule has 0 saturated carbocycles. The van der Waals surface area contributed by atoms with Gasteiger partial charge in [-0.05, 0) is 42.3 Å².